The van der Waals surface area contributed by atoms with Gasteiger partial charge in [0.1, 0.15) is 10.9 Å². The molecule has 0 aliphatic carbocycles. The number of hydrogen-bond donors (Lipinski definition) is 1. The van der Waals surface area contributed by atoms with Crippen LogP contribution in [0.5, 0.6) is 5.75 Å². The predicted octanol–water partition coefficient (Wildman–Crippen LogP) is 4.43. The monoisotopic (exact) mass is 416 g/mol. The molecule has 126 valence electrons. The summed E-state index contributed by atoms with van der Waals surface area (Å²) in [5.74, 6) is -0.396. The summed E-state index contributed by atoms with van der Waals surface area (Å²) in [5, 5.41) is 3.02. The number of aromatic nitrogens is 1. The van der Waals surface area contributed by atoms with Crippen LogP contribution in [0, 0.1) is 0 Å². The predicted molar refractivity (Wildman–Crippen MR) is 90.9 cm³/mol. The van der Waals surface area contributed by atoms with Gasteiger partial charge in [-0.2, -0.15) is 8.78 Å². The van der Waals surface area contributed by atoms with Gasteiger partial charge in [0, 0.05) is 28.9 Å². The van der Waals surface area contributed by atoms with Gasteiger partial charge in [-0.05, 0) is 35.9 Å². The van der Waals surface area contributed by atoms with Crippen LogP contribution in [0.4, 0.5) is 8.78 Å². The second-order valence-corrected chi connectivity index (χ2v) is 5.90. The number of amides is 1. The minimum absolute atomic E-state index is 0.0147. The van der Waals surface area contributed by atoms with E-state index in [1.807, 2.05) is 0 Å². The Morgan fingerprint density at radius 1 is 1.38 bits per heavy atom. The number of carbonyl (C=O) groups excluding carboxylic acids is 1. The van der Waals surface area contributed by atoms with E-state index in [1.54, 1.807) is 30.5 Å². The molecule has 1 amide bonds. The normalized spacial score (nSPS) is 11.0. The number of hydrogen-bond acceptors (Lipinski definition) is 3. The Labute approximate surface area is 150 Å². The molecule has 0 saturated heterocycles. The van der Waals surface area contributed by atoms with Gasteiger partial charge in [-0.1, -0.05) is 33.6 Å². The third-order valence-corrected chi connectivity index (χ3v) is 3.57. The number of alkyl halides is 2. The molecule has 1 heterocycles. The van der Waals surface area contributed by atoms with Crippen molar-refractivity contribution in [2.45, 2.75) is 13.2 Å². The molecule has 2 aromatic rings. The van der Waals surface area contributed by atoms with Crippen LogP contribution in [0.3, 0.4) is 0 Å². The zero-order valence-corrected chi connectivity index (χ0v) is 14.5. The molecule has 0 spiro atoms. The molecule has 0 unspecified atom stereocenters. The smallest absolute Gasteiger partial charge is 0.387 e. The first-order valence-corrected chi connectivity index (χ1v) is 7.92. The summed E-state index contributed by atoms with van der Waals surface area (Å²) in [6.45, 7) is -2.67. The van der Waals surface area contributed by atoms with Crippen molar-refractivity contribution in [3.05, 3.63) is 63.4 Å². The first-order chi connectivity index (χ1) is 11.4. The quantitative estimate of drug-likeness (QED) is 0.559. The molecule has 0 fully saturated rings. The highest BCUT2D eigenvalue weighted by atomic mass is 79.9. The highest BCUT2D eigenvalue weighted by Gasteiger charge is 2.08. The Bertz CT molecular complexity index is 739. The van der Waals surface area contributed by atoms with E-state index < -0.39 is 6.61 Å². The van der Waals surface area contributed by atoms with Crippen LogP contribution in [-0.2, 0) is 11.3 Å². The zero-order chi connectivity index (χ0) is 17.5. The Balaban J connectivity index is 2.00. The molecule has 8 heteroatoms. The Hall–Kier alpha value is -1.99. The number of benzene rings is 1. The minimum Gasteiger partial charge on any atom is -0.434 e. The Morgan fingerprint density at radius 2 is 2.17 bits per heavy atom. The van der Waals surface area contributed by atoms with Crippen molar-refractivity contribution in [1.29, 1.82) is 0 Å². The number of carbonyl (C=O) groups is 1. The van der Waals surface area contributed by atoms with Gasteiger partial charge in [-0.15, -0.1) is 0 Å². The van der Waals surface area contributed by atoms with E-state index in [1.165, 1.54) is 18.2 Å². The number of rotatable bonds is 6. The number of nitrogens with zero attached hydrogens (tertiary/aromatic N) is 1. The highest BCUT2D eigenvalue weighted by molar-refractivity contribution is 9.10. The van der Waals surface area contributed by atoms with Crippen molar-refractivity contribution in [2.75, 3.05) is 0 Å². The minimum atomic E-state index is -2.94. The van der Waals surface area contributed by atoms with Crippen LogP contribution in [0.15, 0.2) is 47.1 Å². The van der Waals surface area contributed by atoms with E-state index in [0.29, 0.717) is 15.2 Å². The van der Waals surface area contributed by atoms with Crippen molar-refractivity contribution < 1.29 is 18.3 Å². The lowest BCUT2D eigenvalue weighted by Crippen LogP contribution is -2.20. The largest absolute Gasteiger partial charge is 0.434 e. The molecule has 1 N–H and O–H groups in total. The highest BCUT2D eigenvalue weighted by Crippen LogP contribution is 2.25. The molecule has 2 rings (SSSR count). The third-order valence-electron chi connectivity index (χ3n) is 2.86. The van der Waals surface area contributed by atoms with E-state index >= 15 is 0 Å². The molecule has 0 atom stereocenters. The van der Waals surface area contributed by atoms with Gasteiger partial charge in [0.25, 0.3) is 0 Å². The van der Waals surface area contributed by atoms with Gasteiger partial charge in [0.15, 0.2) is 0 Å². The maximum absolute atomic E-state index is 12.4. The molecule has 0 bridgehead atoms. The molecule has 0 saturated carbocycles. The van der Waals surface area contributed by atoms with Crippen molar-refractivity contribution in [1.82, 2.24) is 10.3 Å². The van der Waals surface area contributed by atoms with Crippen LogP contribution in [0.2, 0.25) is 5.15 Å². The Kier molecular flexibility index (Phi) is 6.69. The molecule has 0 radical (unpaired) electrons. The van der Waals surface area contributed by atoms with Crippen LogP contribution >= 0.6 is 27.5 Å². The molecular formula is C16H12BrClF2N2O2. The summed E-state index contributed by atoms with van der Waals surface area (Å²) in [6.07, 6.45) is 4.19. The number of ether oxygens (including phenoxy) is 1. The van der Waals surface area contributed by atoms with Gasteiger partial charge >= 0.3 is 6.61 Å². The summed E-state index contributed by atoms with van der Waals surface area (Å²) in [7, 11) is 0. The maximum Gasteiger partial charge on any atom is 0.387 e. The van der Waals surface area contributed by atoms with E-state index in [0.717, 1.165) is 5.56 Å². The Morgan fingerprint density at radius 3 is 2.83 bits per heavy atom. The van der Waals surface area contributed by atoms with Crippen molar-refractivity contribution in [3.8, 4) is 5.75 Å². The molecule has 24 heavy (non-hydrogen) atoms. The fourth-order valence-corrected chi connectivity index (χ4v) is 2.27. The van der Waals surface area contributed by atoms with Crippen LogP contribution in [0.25, 0.3) is 6.08 Å². The van der Waals surface area contributed by atoms with Gasteiger partial charge in [0.2, 0.25) is 5.91 Å². The van der Waals surface area contributed by atoms with Crippen molar-refractivity contribution >= 4 is 39.5 Å². The second kappa shape index (κ2) is 8.75. The van der Waals surface area contributed by atoms with Gasteiger partial charge in [-0.25, -0.2) is 4.98 Å². The molecule has 0 aliphatic rings. The molecule has 4 nitrogen and oxygen atoms in total. The summed E-state index contributed by atoms with van der Waals surface area (Å²) < 4.78 is 29.9. The average Bonchev–Trinajstić information content (AvgIpc) is 2.54. The first kappa shape index (κ1) is 18.4. The van der Waals surface area contributed by atoms with Gasteiger partial charge in [0.05, 0.1) is 0 Å². The third kappa shape index (κ3) is 5.90. The summed E-state index contributed by atoms with van der Waals surface area (Å²) in [6, 6.07) is 7.90. The fraction of sp³-hybridized carbons (Fsp3) is 0.125. The lowest BCUT2D eigenvalue weighted by atomic mass is 10.2. The van der Waals surface area contributed by atoms with Crippen molar-refractivity contribution in [2.24, 2.45) is 0 Å². The summed E-state index contributed by atoms with van der Waals surface area (Å²) >= 11 is 8.92. The number of halogens is 4. The fourth-order valence-electron chi connectivity index (χ4n) is 1.78. The molecular weight excluding hydrogens is 406 g/mol. The SMILES string of the molecule is O=C(/C=C/c1cc(Br)ccc1OC(F)F)NCc1ccc(Cl)nc1. The van der Waals surface area contributed by atoms with E-state index in [4.69, 9.17) is 11.6 Å². The summed E-state index contributed by atoms with van der Waals surface area (Å²) in [4.78, 5) is 15.7. The zero-order valence-electron chi connectivity index (χ0n) is 12.2. The van der Waals surface area contributed by atoms with Gasteiger partial charge < -0.3 is 10.1 Å². The molecule has 1 aromatic carbocycles. The average molecular weight is 418 g/mol. The van der Waals surface area contributed by atoms with Crippen LogP contribution < -0.4 is 10.1 Å². The second-order valence-electron chi connectivity index (χ2n) is 4.60. The van der Waals surface area contributed by atoms with Crippen molar-refractivity contribution in [3.63, 3.8) is 0 Å². The van der Waals surface area contributed by atoms with E-state index in [9.17, 15) is 13.6 Å². The first-order valence-electron chi connectivity index (χ1n) is 6.75. The number of pyridine rings is 1. The van der Waals surface area contributed by atoms with E-state index in [-0.39, 0.29) is 18.2 Å². The molecule has 0 aliphatic heterocycles. The van der Waals surface area contributed by atoms with Gasteiger partial charge in [-0.3, -0.25) is 4.79 Å². The number of nitrogens with one attached hydrogen (secondary N) is 1. The lowest BCUT2D eigenvalue weighted by molar-refractivity contribution is -0.116. The van der Waals surface area contributed by atoms with E-state index in [2.05, 4.69) is 31.0 Å². The van der Waals surface area contributed by atoms with Crippen LogP contribution in [0.1, 0.15) is 11.1 Å². The maximum atomic E-state index is 12.4. The molecule has 1 aromatic heterocycles. The topological polar surface area (TPSA) is 51.2 Å². The summed E-state index contributed by atoms with van der Waals surface area (Å²) in [5.41, 5.74) is 1.14. The lowest BCUT2D eigenvalue weighted by Gasteiger charge is -2.08. The standard InChI is InChI=1S/C16H12BrClF2N2O2/c17-12-3-4-13(24-16(19)20)11(7-12)2-6-15(23)22-9-10-1-5-14(18)21-8-10/h1-8,16H,9H2,(H,22,23)/b6-2+. The van der Waals surface area contributed by atoms with Crippen LogP contribution in [-0.4, -0.2) is 17.5 Å².